The highest BCUT2D eigenvalue weighted by molar-refractivity contribution is 5.29. The van der Waals surface area contributed by atoms with Crippen LogP contribution in [0.4, 0.5) is 4.39 Å². The van der Waals surface area contributed by atoms with Gasteiger partial charge in [0, 0.05) is 13.1 Å². The lowest BCUT2D eigenvalue weighted by atomic mass is 10.1. The average Bonchev–Trinajstić information content (AvgIpc) is 3.13. The Morgan fingerprint density at radius 3 is 2.78 bits per heavy atom. The summed E-state index contributed by atoms with van der Waals surface area (Å²) in [4.78, 5) is 0. The lowest BCUT2D eigenvalue weighted by Crippen LogP contribution is -2.29. The number of hydrogen-bond donors (Lipinski definition) is 2. The van der Waals surface area contributed by atoms with Crippen LogP contribution in [0.3, 0.4) is 0 Å². The van der Waals surface area contributed by atoms with Crippen molar-refractivity contribution in [1.29, 1.82) is 0 Å². The van der Waals surface area contributed by atoms with Crippen molar-refractivity contribution < 1.29 is 9.13 Å². The summed E-state index contributed by atoms with van der Waals surface area (Å²) in [6.45, 7) is 4.64. The Hall–Kier alpha value is -1.13. The maximum absolute atomic E-state index is 13.6. The van der Waals surface area contributed by atoms with Crippen LogP contribution in [-0.2, 0) is 6.54 Å². The second kappa shape index (κ2) is 5.67. The summed E-state index contributed by atoms with van der Waals surface area (Å²) in [5.41, 5.74) is 6.95. The molecule has 0 bridgehead atoms. The van der Waals surface area contributed by atoms with Gasteiger partial charge in [-0.2, -0.15) is 0 Å². The molecule has 4 heteroatoms. The van der Waals surface area contributed by atoms with Gasteiger partial charge in [0.05, 0.1) is 6.61 Å². The first kappa shape index (κ1) is 13.3. The van der Waals surface area contributed by atoms with E-state index in [9.17, 15) is 4.39 Å². The molecule has 100 valence electrons. The number of nitrogens with two attached hydrogens (primary N) is 1. The zero-order valence-corrected chi connectivity index (χ0v) is 10.8. The van der Waals surface area contributed by atoms with Gasteiger partial charge in [0.1, 0.15) is 0 Å². The van der Waals surface area contributed by atoms with E-state index < -0.39 is 0 Å². The minimum absolute atomic E-state index is 0.295. The molecule has 1 fully saturated rings. The Morgan fingerprint density at radius 1 is 1.44 bits per heavy atom. The van der Waals surface area contributed by atoms with Crippen LogP contribution >= 0.6 is 0 Å². The van der Waals surface area contributed by atoms with Crippen molar-refractivity contribution in [3.63, 3.8) is 0 Å². The Bertz CT molecular complexity index is 405. The van der Waals surface area contributed by atoms with Gasteiger partial charge in [-0.25, -0.2) is 4.39 Å². The molecule has 2 rings (SSSR count). The van der Waals surface area contributed by atoms with Gasteiger partial charge in [-0.15, -0.1) is 0 Å². The van der Waals surface area contributed by atoms with E-state index in [4.69, 9.17) is 10.5 Å². The van der Waals surface area contributed by atoms with Crippen LogP contribution < -0.4 is 15.8 Å². The van der Waals surface area contributed by atoms with Gasteiger partial charge in [-0.05, 0) is 49.4 Å². The minimum Gasteiger partial charge on any atom is -0.491 e. The largest absolute Gasteiger partial charge is 0.491 e. The van der Waals surface area contributed by atoms with Crippen molar-refractivity contribution in [2.24, 2.45) is 11.1 Å². The summed E-state index contributed by atoms with van der Waals surface area (Å²) in [7, 11) is 0. The molecule has 1 aromatic rings. The number of benzene rings is 1. The van der Waals surface area contributed by atoms with E-state index in [2.05, 4.69) is 5.32 Å². The van der Waals surface area contributed by atoms with E-state index in [-0.39, 0.29) is 5.82 Å². The molecular weight excluding hydrogens is 231 g/mol. The van der Waals surface area contributed by atoms with Crippen LogP contribution in [0.15, 0.2) is 18.2 Å². The van der Waals surface area contributed by atoms with Crippen LogP contribution in [0.2, 0.25) is 0 Å². The molecule has 0 radical (unpaired) electrons. The Balaban J connectivity index is 1.84. The van der Waals surface area contributed by atoms with Gasteiger partial charge in [-0.1, -0.05) is 6.07 Å². The predicted molar refractivity (Wildman–Crippen MR) is 70.0 cm³/mol. The van der Waals surface area contributed by atoms with Gasteiger partial charge in [0.15, 0.2) is 11.6 Å². The maximum atomic E-state index is 13.6. The summed E-state index contributed by atoms with van der Waals surface area (Å²) in [6, 6.07) is 5.11. The van der Waals surface area contributed by atoms with E-state index in [0.29, 0.717) is 24.3 Å². The third kappa shape index (κ3) is 3.21. The number of ether oxygens (including phenoxy) is 1. The van der Waals surface area contributed by atoms with E-state index in [1.54, 1.807) is 6.07 Å². The number of hydrogen-bond acceptors (Lipinski definition) is 3. The standard InChI is InChI=1S/C14H21FN2O/c1-2-18-13-4-3-11(7-12(13)15)8-17-10-14(9-16)5-6-14/h3-4,7,17H,2,5-6,8-10,16H2,1H3. The zero-order valence-electron chi connectivity index (χ0n) is 10.8. The average molecular weight is 252 g/mol. The summed E-state index contributed by atoms with van der Waals surface area (Å²) < 4.78 is 18.8. The molecule has 1 aliphatic rings. The fourth-order valence-electron chi connectivity index (χ4n) is 2.03. The highest BCUT2D eigenvalue weighted by Crippen LogP contribution is 2.43. The van der Waals surface area contributed by atoms with E-state index in [1.165, 1.54) is 18.9 Å². The Kier molecular flexibility index (Phi) is 4.19. The first-order chi connectivity index (χ1) is 8.69. The van der Waals surface area contributed by atoms with E-state index >= 15 is 0 Å². The van der Waals surface area contributed by atoms with Crippen molar-refractivity contribution in [3.8, 4) is 5.75 Å². The molecule has 0 saturated heterocycles. The molecule has 0 aromatic heterocycles. The molecule has 1 aromatic carbocycles. The summed E-state index contributed by atoms with van der Waals surface area (Å²) in [5.74, 6) is 0.0259. The Morgan fingerprint density at radius 2 is 2.22 bits per heavy atom. The molecule has 0 unspecified atom stereocenters. The quantitative estimate of drug-likeness (QED) is 0.781. The second-order valence-corrected chi connectivity index (χ2v) is 5.01. The molecule has 3 nitrogen and oxygen atoms in total. The molecule has 0 amide bonds. The van der Waals surface area contributed by atoms with Gasteiger partial charge in [0.2, 0.25) is 0 Å². The lowest BCUT2D eigenvalue weighted by Gasteiger charge is -2.13. The molecule has 0 atom stereocenters. The molecule has 1 aliphatic carbocycles. The topological polar surface area (TPSA) is 47.3 Å². The minimum atomic E-state index is -0.295. The zero-order chi connectivity index (χ0) is 13.0. The van der Waals surface area contributed by atoms with Gasteiger partial charge < -0.3 is 15.8 Å². The smallest absolute Gasteiger partial charge is 0.165 e. The van der Waals surface area contributed by atoms with Crippen molar-refractivity contribution in [1.82, 2.24) is 5.32 Å². The molecule has 0 heterocycles. The SMILES string of the molecule is CCOc1ccc(CNCC2(CN)CC2)cc1F. The van der Waals surface area contributed by atoms with Crippen LogP contribution in [0, 0.1) is 11.2 Å². The monoisotopic (exact) mass is 252 g/mol. The van der Waals surface area contributed by atoms with Crippen molar-refractivity contribution >= 4 is 0 Å². The first-order valence-corrected chi connectivity index (χ1v) is 6.51. The summed E-state index contributed by atoms with van der Waals surface area (Å²) in [5, 5.41) is 3.35. The van der Waals surface area contributed by atoms with Crippen molar-refractivity contribution in [2.45, 2.75) is 26.3 Å². The van der Waals surface area contributed by atoms with Crippen LogP contribution in [0.25, 0.3) is 0 Å². The Labute approximate surface area is 108 Å². The van der Waals surface area contributed by atoms with E-state index in [1.807, 2.05) is 13.0 Å². The van der Waals surface area contributed by atoms with Gasteiger partial charge in [-0.3, -0.25) is 0 Å². The van der Waals surface area contributed by atoms with Crippen molar-refractivity contribution in [2.75, 3.05) is 19.7 Å². The predicted octanol–water partition coefficient (Wildman–Crippen LogP) is 2.05. The third-order valence-corrected chi connectivity index (χ3v) is 3.52. The van der Waals surface area contributed by atoms with Crippen LogP contribution in [-0.4, -0.2) is 19.7 Å². The molecule has 0 aliphatic heterocycles. The summed E-state index contributed by atoms with van der Waals surface area (Å²) >= 11 is 0. The fraction of sp³-hybridized carbons (Fsp3) is 0.571. The normalized spacial score (nSPS) is 16.6. The highest BCUT2D eigenvalue weighted by atomic mass is 19.1. The molecule has 0 spiro atoms. The first-order valence-electron chi connectivity index (χ1n) is 6.51. The van der Waals surface area contributed by atoms with Crippen LogP contribution in [0.5, 0.6) is 5.75 Å². The number of halogens is 1. The molecule has 18 heavy (non-hydrogen) atoms. The number of rotatable bonds is 7. The second-order valence-electron chi connectivity index (χ2n) is 5.01. The van der Waals surface area contributed by atoms with Crippen LogP contribution in [0.1, 0.15) is 25.3 Å². The number of nitrogens with one attached hydrogen (secondary N) is 1. The fourth-order valence-corrected chi connectivity index (χ4v) is 2.03. The molecule has 1 saturated carbocycles. The highest BCUT2D eigenvalue weighted by Gasteiger charge is 2.40. The van der Waals surface area contributed by atoms with Gasteiger partial charge in [0.25, 0.3) is 0 Å². The molecule has 3 N–H and O–H groups in total. The molecular formula is C14H21FN2O. The third-order valence-electron chi connectivity index (χ3n) is 3.52. The van der Waals surface area contributed by atoms with Gasteiger partial charge >= 0.3 is 0 Å². The maximum Gasteiger partial charge on any atom is 0.165 e. The lowest BCUT2D eigenvalue weighted by molar-refractivity contribution is 0.321. The summed E-state index contributed by atoms with van der Waals surface area (Å²) in [6.07, 6.45) is 2.41. The van der Waals surface area contributed by atoms with E-state index in [0.717, 1.165) is 18.7 Å². The van der Waals surface area contributed by atoms with Crippen molar-refractivity contribution in [3.05, 3.63) is 29.6 Å².